The molecule has 0 aliphatic heterocycles. The van der Waals surface area contributed by atoms with Gasteiger partial charge < -0.3 is 11.1 Å². The summed E-state index contributed by atoms with van der Waals surface area (Å²) in [6.45, 7) is 1.83. The topological polar surface area (TPSA) is 87.6 Å². The fraction of sp³-hybridized carbons (Fsp3) is 0.125. The van der Waals surface area contributed by atoms with Crippen LogP contribution in [0, 0.1) is 11.3 Å². The quantitative estimate of drug-likeness (QED) is 0.771. The van der Waals surface area contributed by atoms with E-state index in [1.807, 2.05) is 6.92 Å². The van der Waals surface area contributed by atoms with Crippen molar-refractivity contribution >= 4 is 23.2 Å². The Hall–Kier alpha value is -1.80. The molecule has 6 heteroatoms. The van der Waals surface area contributed by atoms with Gasteiger partial charge in [-0.2, -0.15) is 5.26 Å². The van der Waals surface area contributed by atoms with E-state index in [9.17, 15) is 0 Å². The molecule has 3 N–H and O–H groups in total. The first kappa shape index (κ1) is 10.3. The number of nitrogens with two attached hydrogens (primary N) is 1. The Bertz CT molecular complexity index is 407. The van der Waals surface area contributed by atoms with Crippen molar-refractivity contribution in [1.82, 2.24) is 9.97 Å². The molecule has 0 aliphatic rings. The van der Waals surface area contributed by atoms with Crippen LogP contribution in [0.4, 0.5) is 11.6 Å². The van der Waals surface area contributed by atoms with Crippen molar-refractivity contribution in [2.24, 2.45) is 0 Å². The van der Waals surface area contributed by atoms with Gasteiger partial charge in [0.25, 0.3) is 0 Å². The molecule has 0 aromatic carbocycles. The number of hydrogen-bond acceptors (Lipinski definition) is 5. The molecule has 0 aliphatic carbocycles. The fourth-order valence-corrected chi connectivity index (χ4v) is 0.946. The lowest BCUT2D eigenvalue weighted by molar-refractivity contribution is 1.17. The van der Waals surface area contributed by atoms with Crippen LogP contribution in [0.25, 0.3) is 0 Å². The van der Waals surface area contributed by atoms with Gasteiger partial charge in [0.15, 0.2) is 22.5 Å². The van der Waals surface area contributed by atoms with Crippen molar-refractivity contribution in [1.29, 1.82) is 5.26 Å². The zero-order valence-electron chi connectivity index (χ0n) is 7.45. The average molecular weight is 210 g/mol. The molecular formula is C8H8ClN5. The highest BCUT2D eigenvalue weighted by Gasteiger charge is 2.08. The number of aromatic nitrogens is 2. The second-order valence-electron chi connectivity index (χ2n) is 2.35. The molecule has 1 aromatic heterocycles. The minimum Gasteiger partial charge on any atom is -0.381 e. The van der Waals surface area contributed by atoms with E-state index in [0.29, 0.717) is 5.82 Å². The summed E-state index contributed by atoms with van der Waals surface area (Å²) in [7, 11) is 0. The van der Waals surface area contributed by atoms with Crippen molar-refractivity contribution in [2.45, 2.75) is 6.92 Å². The predicted octanol–water partition coefficient (Wildman–Crippen LogP) is 1.53. The van der Waals surface area contributed by atoms with E-state index in [2.05, 4.69) is 15.3 Å². The first-order valence-corrected chi connectivity index (χ1v) is 4.17. The summed E-state index contributed by atoms with van der Waals surface area (Å²) in [5.74, 6) is 0.394. The van der Waals surface area contributed by atoms with Crippen LogP contribution in [0.2, 0.25) is 5.15 Å². The highest BCUT2D eigenvalue weighted by Crippen LogP contribution is 2.19. The number of nitriles is 1. The molecule has 1 aromatic rings. The van der Waals surface area contributed by atoms with Crippen LogP contribution in [0.5, 0.6) is 0 Å². The Morgan fingerprint density at radius 3 is 2.86 bits per heavy atom. The van der Waals surface area contributed by atoms with Crippen LogP contribution in [-0.2, 0) is 0 Å². The molecule has 14 heavy (non-hydrogen) atoms. The lowest BCUT2D eigenvalue weighted by Crippen LogP contribution is -2.02. The van der Waals surface area contributed by atoms with Crippen LogP contribution in [0.3, 0.4) is 0 Å². The third-order valence-corrected chi connectivity index (χ3v) is 1.64. The lowest BCUT2D eigenvalue weighted by atomic mass is 10.4. The third kappa shape index (κ3) is 2.12. The van der Waals surface area contributed by atoms with Gasteiger partial charge in [-0.1, -0.05) is 17.7 Å². The van der Waals surface area contributed by atoms with Gasteiger partial charge in [-0.3, -0.25) is 0 Å². The molecule has 0 saturated carbocycles. The summed E-state index contributed by atoms with van der Waals surface area (Å²) in [6.07, 6.45) is 3.41. The summed E-state index contributed by atoms with van der Waals surface area (Å²) in [4.78, 5) is 7.64. The number of allylic oxidation sites excluding steroid dienone is 1. The maximum Gasteiger partial charge on any atom is 0.184 e. The number of nitrogens with one attached hydrogen (secondary N) is 1. The Kier molecular flexibility index (Phi) is 3.26. The third-order valence-electron chi connectivity index (χ3n) is 1.37. The van der Waals surface area contributed by atoms with Crippen molar-refractivity contribution in [2.75, 3.05) is 11.1 Å². The fourth-order valence-electron chi connectivity index (χ4n) is 0.764. The van der Waals surface area contributed by atoms with Crippen molar-refractivity contribution in [3.63, 3.8) is 0 Å². The Morgan fingerprint density at radius 1 is 1.57 bits per heavy atom. The summed E-state index contributed by atoms with van der Waals surface area (Å²) < 4.78 is 0. The summed E-state index contributed by atoms with van der Waals surface area (Å²) >= 11 is 5.74. The smallest absolute Gasteiger partial charge is 0.184 e. The van der Waals surface area contributed by atoms with Gasteiger partial charge in [-0.25, -0.2) is 9.97 Å². The average Bonchev–Trinajstić information content (AvgIpc) is 2.18. The van der Waals surface area contributed by atoms with E-state index < -0.39 is 0 Å². The van der Waals surface area contributed by atoms with Gasteiger partial charge in [0.1, 0.15) is 6.07 Å². The summed E-state index contributed by atoms with van der Waals surface area (Å²) in [5.41, 5.74) is 5.48. The van der Waals surface area contributed by atoms with Gasteiger partial charge in [-0.15, -0.1) is 0 Å². The highest BCUT2D eigenvalue weighted by molar-refractivity contribution is 6.31. The molecule has 0 unspecified atom stereocenters. The van der Waals surface area contributed by atoms with E-state index in [1.165, 1.54) is 0 Å². The zero-order valence-corrected chi connectivity index (χ0v) is 8.21. The number of nitrogens with zero attached hydrogens (tertiary/aromatic N) is 3. The van der Waals surface area contributed by atoms with Gasteiger partial charge >= 0.3 is 0 Å². The van der Waals surface area contributed by atoms with E-state index in [-0.39, 0.29) is 16.7 Å². The molecule has 0 fully saturated rings. The first-order valence-electron chi connectivity index (χ1n) is 3.80. The zero-order chi connectivity index (χ0) is 10.6. The van der Waals surface area contributed by atoms with Crippen LogP contribution in [0.1, 0.15) is 12.6 Å². The normalized spacial score (nSPS) is 10.1. The lowest BCUT2D eigenvalue weighted by Gasteiger charge is -2.03. The van der Waals surface area contributed by atoms with Crippen LogP contribution in [-0.4, -0.2) is 9.97 Å². The van der Waals surface area contributed by atoms with Crippen molar-refractivity contribution in [3.05, 3.63) is 23.1 Å². The van der Waals surface area contributed by atoms with E-state index in [4.69, 9.17) is 22.6 Å². The number of nitrogen functional groups attached to an aromatic ring is 1. The van der Waals surface area contributed by atoms with Gasteiger partial charge in [0.05, 0.1) is 0 Å². The number of halogens is 1. The monoisotopic (exact) mass is 209 g/mol. The van der Waals surface area contributed by atoms with E-state index in [0.717, 1.165) is 0 Å². The molecule has 72 valence electrons. The Balaban J connectivity index is 3.10. The standard InChI is InChI=1S/C8H8ClN5/c1-2-3-12-8-6(9)13-5(4-10)7(11)14-8/h2-3H,1H3,(H3,11,12,14)/b3-2+. The predicted molar refractivity (Wildman–Crippen MR) is 54.6 cm³/mol. The molecule has 1 rings (SSSR count). The molecule has 0 saturated heterocycles. The molecular weight excluding hydrogens is 202 g/mol. The second-order valence-corrected chi connectivity index (χ2v) is 2.71. The molecule has 0 radical (unpaired) electrons. The maximum absolute atomic E-state index is 8.58. The van der Waals surface area contributed by atoms with Gasteiger partial charge in [-0.05, 0) is 13.1 Å². The minimum atomic E-state index is 0.0287. The Morgan fingerprint density at radius 2 is 2.29 bits per heavy atom. The van der Waals surface area contributed by atoms with Crippen LogP contribution in [0.15, 0.2) is 12.3 Å². The number of anilines is 2. The van der Waals surface area contributed by atoms with Crippen LogP contribution < -0.4 is 11.1 Å². The minimum absolute atomic E-state index is 0.0287. The number of rotatable bonds is 2. The Labute approximate surface area is 86.2 Å². The molecule has 0 atom stereocenters. The summed E-state index contributed by atoms with van der Waals surface area (Å²) in [5, 5.41) is 11.5. The van der Waals surface area contributed by atoms with Crippen molar-refractivity contribution in [3.8, 4) is 6.07 Å². The molecule has 5 nitrogen and oxygen atoms in total. The molecule has 1 heterocycles. The van der Waals surface area contributed by atoms with Crippen LogP contribution >= 0.6 is 11.6 Å². The van der Waals surface area contributed by atoms with Crippen molar-refractivity contribution < 1.29 is 0 Å². The number of hydrogen-bond donors (Lipinski definition) is 2. The molecule has 0 amide bonds. The van der Waals surface area contributed by atoms with E-state index >= 15 is 0 Å². The van der Waals surface area contributed by atoms with E-state index in [1.54, 1.807) is 18.3 Å². The van der Waals surface area contributed by atoms with Gasteiger partial charge in [0.2, 0.25) is 0 Å². The summed E-state index contributed by atoms with van der Waals surface area (Å²) in [6, 6.07) is 1.79. The molecule has 0 spiro atoms. The largest absolute Gasteiger partial charge is 0.381 e. The molecule has 0 bridgehead atoms. The highest BCUT2D eigenvalue weighted by atomic mass is 35.5. The van der Waals surface area contributed by atoms with Gasteiger partial charge in [0, 0.05) is 0 Å². The maximum atomic E-state index is 8.58. The first-order chi connectivity index (χ1) is 6.69. The SMILES string of the molecule is C/C=C/Nc1nc(N)c(C#N)nc1Cl. The second kappa shape index (κ2) is 4.44.